The zero-order valence-corrected chi connectivity index (χ0v) is 12.6. The fourth-order valence-corrected chi connectivity index (χ4v) is 2.64. The van der Waals surface area contributed by atoms with E-state index in [0.29, 0.717) is 6.42 Å². The van der Waals surface area contributed by atoms with E-state index in [9.17, 15) is 13.2 Å². The zero-order chi connectivity index (χ0) is 15.3. The molecule has 0 aliphatic rings. The predicted octanol–water partition coefficient (Wildman–Crippen LogP) is 1.10. The van der Waals surface area contributed by atoms with Crippen LogP contribution in [0.3, 0.4) is 0 Å². The molecule has 1 rings (SSSR count). The topological polar surface area (TPSA) is 86.7 Å². The van der Waals surface area contributed by atoms with Crippen molar-refractivity contribution in [3.63, 3.8) is 0 Å². The normalized spacial score (nSPS) is 12.1. The number of carbonyl (C=O) groups is 1. The van der Waals surface area contributed by atoms with Gasteiger partial charge in [-0.2, -0.15) is 12.7 Å². The van der Waals surface area contributed by atoms with E-state index in [1.54, 1.807) is 26.0 Å². The third kappa shape index (κ3) is 4.59. The Bertz CT molecular complexity index is 552. The summed E-state index contributed by atoms with van der Waals surface area (Å²) in [6.45, 7) is 3.86. The molecule has 0 saturated heterocycles. The number of benzene rings is 1. The molecule has 0 heterocycles. The van der Waals surface area contributed by atoms with Crippen LogP contribution in [0.1, 0.15) is 29.8 Å². The average molecular weight is 300 g/mol. The van der Waals surface area contributed by atoms with E-state index >= 15 is 0 Å². The lowest BCUT2D eigenvalue weighted by molar-refractivity contribution is 0.0697. The summed E-state index contributed by atoms with van der Waals surface area (Å²) in [6, 6.07) is 6.27. The summed E-state index contributed by atoms with van der Waals surface area (Å²) in [6.07, 6.45) is 0.505. The Morgan fingerprint density at radius 1 is 1.30 bits per heavy atom. The van der Waals surface area contributed by atoms with E-state index < -0.39 is 16.2 Å². The van der Waals surface area contributed by atoms with Crippen LogP contribution in [0.5, 0.6) is 0 Å². The first-order valence-corrected chi connectivity index (χ1v) is 7.73. The van der Waals surface area contributed by atoms with Crippen molar-refractivity contribution in [3.05, 3.63) is 35.4 Å². The molecule has 0 aliphatic carbocycles. The lowest BCUT2D eigenvalue weighted by Gasteiger charge is -2.21. The molecule has 1 aromatic carbocycles. The van der Waals surface area contributed by atoms with Gasteiger partial charge in [-0.3, -0.25) is 0 Å². The summed E-state index contributed by atoms with van der Waals surface area (Å²) in [7, 11) is -1.94. The number of rotatable bonds is 7. The number of carboxylic acids is 1. The third-order valence-corrected chi connectivity index (χ3v) is 4.75. The molecule has 0 aromatic heterocycles. The molecule has 0 amide bonds. The Kier molecular flexibility index (Phi) is 5.67. The standard InChI is InChI=1S/C13H20N2O4S/c1-10(2)15(3)20(18,19)14-9-8-11-4-6-12(7-5-11)13(16)17/h4-7,10,14H,8-9H2,1-3H3,(H,16,17). The Labute approximate surface area is 119 Å². The van der Waals surface area contributed by atoms with Crippen LogP contribution in [0.4, 0.5) is 0 Å². The van der Waals surface area contributed by atoms with Crippen LogP contribution in [-0.4, -0.2) is 43.4 Å². The first kappa shape index (κ1) is 16.6. The van der Waals surface area contributed by atoms with Gasteiger partial charge in [0, 0.05) is 19.6 Å². The summed E-state index contributed by atoms with van der Waals surface area (Å²) in [5.74, 6) is -0.976. The monoisotopic (exact) mass is 300 g/mol. The van der Waals surface area contributed by atoms with Gasteiger partial charge < -0.3 is 5.11 Å². The number of carboxylic acid groups (broad SMARTS) is 1. The fraction of sp³-hybridized carbons (Fsp3) is 0.462. The van der Waals surface area contributed by atoms with E-state index in [4.69, 9.17) is 5.11 Å². The second-order valence-electron chi connectivity index (χ2n) is 4.76. The van der Waals surface area contributed by atoms with Gasteiger partial charge in [0.25, 0.3) is 10.2 Å². The summed E-state index contributed by atoms with van der Waals surface area (Å²) in [5.41, 5.74) is 1.10. The molecule has 0 aliphatic heterocycles. The Morgan fingerprint density at radius 3 is 2.30 bits per heavy atom. The SMILES string of the molecule is CC(C)N(C)S(=O)(=O)NCCc1ccc(C(=O)O)cc1. The average Bonchev–Trinajstić information content (AvgIpc) is 2.38. The second kappa shape index (κ2) is 6.83. The van der Waals surface area contributed by atoms with Gasteiger partial charge in [0.2, 0.25) is 0 Å². The van der Waals surface area contributed by atoms with Crippen LogP contribution in [-0.2, 0) is 16.6 Å². The van der Waals surface area contributed by atoms with Gasteiger partial charge >= 0.3 is 5.97 Å². The Morgan fingerprint density at radius 2 is 1.85 bits per heavy atom. The van der Waals surface area contributed by atoms with Gasteiger partial charge in [0.1, 0.15) is 0 Å². The lowest BCUT2D eigenvalue weighted by Crippen LogP contribution is -2.42. The first-order valence-electron chi connectivity index (χ1n) is 6.29. The van der Waals surface area contributed by atoms with Gasteiger partial charge in [-0.05, 0) is 38.0 Å². The van der Waals surface area contributed by atoms with Gasteiger partial charge in [-0.15, -0.1) is 0 Å². The molecule has 0 atom stereocenters. The molecular formula is C13H20N2O4S. The van der Waals surface area contributed by atoms with E-state index in [0.717, 1.165) is 5.56 Å². The van der Waals surface area contributed by atoms with Crippen molar-refractivity contribution in [1.29, 1.82) is 0 Å². The molecule has 6 nitrogen and oxygen atoms in total. The lowest BCUT2D eigenvalue weighted by atomic mass is 10.1. The maximum atomic E-state index is 11.8. The minimum atomic E-state index is -3.46. The number of hydrogen-bond acceptors (Lipinski definition) is 3. The predicted molar refractivity (Wildman–Crippen MR) is 76.9 cm³/mol. The van der Waals surface area contributed by atoms with Crippen LogP contribution in [0, 0.1) is 0 Å². The van der Waals surface area contributed by atoms with Gasteiger partial charge in [0.15, 0.2) is 0 Å². The number of nitrogens with zero attached hydrogens (tertiary/aromatic N) is 1. The summed E-state index contributed by atoms with van der Waals surface area (Å²) in [4.78, 5) is 10.7. The highest BCUT2D eigenvalue weighted by molar-refractivity contribution is 7.87. The Balaban J connectivity index is 2.54. The number of hydrogen-bond donors (Lipinski definition) is 2. The van der Waals surface area contributed by atoms with Crippen LogP contribution in [0.25, 0.3) is 0 Å². The van der Waals surface area contributed by atoms with Crippen molar-refractivity contribution in [1.82, 2.24) is 9.03 Å². The smallest absolute Gasteiger partial charge is 0.335 e. The number of nitrogens with one attached hydrogen (secondary N) is 1. The molecule has 2 N–H and O–H groups in total. The molecule has 7 heteroatoms. The maximum absolute atomic E-state index is 11.8. The summed E-state index contributed by atoms with van der Waals surface area (Å²) in [5, 5.41) is 8.77. The quantitative estimate of drug-likeness (QED) is 0.789. The molecule has 0 radical (unpaired) electrons. The minimum absolute atomic E-state index is 0.109. The molecule has 1 aromatic rings. The van der Waals surface area contributed by atoms with E-state index in [-0.39, 0.29) is 18.2 Å². The summed E-state index contributed by atoms with van der Waals surface area (Å²) >= 11 is 0. The van der Waals surface area contributed by atoms with Crippen molar-refractivity contribution in [2.75, 3.05) is 13.6 Å². The van der Waals surface area contributed by atoms with E-state index in [2.05, 4.69) is 4.72 Å². The molecular weight excluding hydrogens is 280 g/mol. The molecule has 0 spiro atoms. The first-order chi connectivity index (χ1) is 9.24. The maximum Gasteiger partial charge on any atom is 0.335 e. The van der Waals surface area contributed by atoms with Crippen molar-refractivity contribution in [2.24, 2.45) is 0 Å². The molecule has 0 unspecified atom stereocenters. The largest absolute Gasteiger partial charge is 0.478 e. The van der Waals surface area contributed by atoms with Crippen LogP contribution >= 0.6 is 0 Å². The summed E-state index contributed by atoms with van der Waals surface area (Å²) < 4.78 is 27.5. The highest BCUT2D eigenvalue weighted by atomic mass is 32.2. The third-order valence-electron chi connectivity index (χ3n) is 3.01. The Hall–Kier alpha value is -1.44. The highest BCUT2D eigenvalue weighted by Gasteiger charge is 2.19. The van der Waals surface area contributed by atoms with Crippen molar-refractivity contribution in [2.45, 2.75) is 26.3 Å². The van der Waals surface area contributed by atoms with E-state index in [1.165, 1.54) is 23.5 Å². The molecule has 112 valence electrons. The van der Waals surface area contributed by atoms with Crippen molar-refractivity contribution >= 4 is 16.2 Å². The molecule has 0 saturated carbocycles. The number of aromatic carboxylic acids is 1. The minimum Gasteiger partial charge on any atom is -0.478 e. The van der Waals surface area contributed by atoms with Crippen LogP contribution < -0.4 is 4.72 Å². The molecule has 20 heavy (non-hydrogen) atoms. The van der Waals surface area contributed by atoms with Gasteiger partial charge in [-0.1, -0.05) is 12.1 Å². The van der Waals surface area contributed by atoms with E-state index in [1.807, 2.05) is 0 Å². The molecule has 0 bridgehead atoms. The van der Waals surface area contributed by atoms with Gasteiger partial charge in [0.05, 0.1) is 5.56 Å². The second-order valence-corrected chi connectivity index (χ2v) is 6.58. The van der Waals surface area contributed by atoms with Crippen molar-refractivity contribution < 1.29 is 18.3 Å². The zero-order valence-electron chi connectivity index (χ0n) is 11.8. The highest BCUT2D eigenvalue weighted by Crippen LogP contribution is 2.06. The fourth-order valence-electron chi connectivity index (χ4n) is 1.52. The van der Waals surface area contributed by atoms with Crippen molar-refractivity contribution in [3.8, 4) is 0 Å². The van der Waals surface area contributed by atoms with Gasteiger partial charge in [-0.25, -0.2) is 9.52 Å². The van der Waals surface area contributed by atoms with Crippen LogP contribution in [0.2, 0.25) is 0 Å². The molecule has 0 fully saturated rings. The van der Waals surface area contributed by atoms with Crippen LogP contribution in [0.15, 0.2) is 24.3 Å².